The topological polar surface area (TPSA) is 38.5 Å². The van der Waals surface area contributed by atoms with Crippen molar-refractivity contribution in [3.05, 3.63) is 53.4 Å². The zero-order valence-corrected chi connectivity index (χ0v) is 7.53. The fraction of sp³-hybridized carbons (Fsp3) is 0. The molecule has 0 spiro atoms. The molecule has 0 heterocycles. The molecule has 3 nitrogen and oxygen atoms in total. The van der Waals surface area contributed by atoms with Crippen LogP contribution in [0, 0.1) is 6.57 Å². The summed E-state index contributed by atoms with van der Waals surface area (Å²) in [5, 5.41) is 0.898. The fourth-order valence-corrected chi connectivity index (χ4v) is 1.71. The predicted molar refractivity (Wildman–Crippen MR) is 49.4 cm³/mol. The van der Waals surface area contributed by atoms with Gasteiger partial charge in [0.25, 0.3) is 0 Å². The van der Waals surface area contributed by atoms with Gasteiger partial charge in [0.1, 0.15) is 0 Å². The normalized spacial score (nSPS) is 11.3. The molecular weight excluding hydrogens is 186 g/mol. The van der Waals surface area contributed by atoms with Crippen molar-refractivity contribution in [1.29, 1.82) is 0 Å². The molecule has 4 heteroatoms. The number of hydrogen-bond acceptors (Lipinski definition) is 2. The summed E-state index contributed by atoms with van der Waals surface area (Å²) in [4.78, 5) is 3.04. The summed E-state index contributed by atoms with van der Waals surface area (Å²) >= 11 is 0. The van der Waals surface area contributed by atoms with Crippen molar-refractivity contribution in [3.8, 4) is 0 Å². The molecule has 0 aliphatic carbocycles. The van der Waals surface area contributed by atoms with Gasteiger partial charge in [-0.1, -0.05) is 18.2 Å². The number of benzene rings is 1. The molecule has 0 aliphatic heterocycles. The third-order valence-corrected chi connectivity index (χ3v) is 2.80. The van der Waals surface area contributed by atoms with Gasteiger partial charge in [-0.25, -0.2) is 13.3 Å². The van der Waals surface area contributed by atoms with Gasteiger partial charge >= 0.3 is 0 Å². The molecule has 0 radical (unpaired) electrons. The molecule has 13 heavy (non-hydrogen) atoms. The Morgan fingerprint density at radius 3 is 2.38 bits per heavy atom. The highest BCUT2D eigenvalue weighted by Crippen LogP contribution is 2.10. The summed E-state index contributed by atoms with van der Waals surface area (Å²) in [6.45, 7) is 6.42. The van der Waals surface area contributed by atoms with Crippen LogP contribution in [0.3, 0.4) is 0 Å². The van der Waals surface area contributed by atoms with E-state index in [9.17, 15) is 8.42 Å². The van der Waals surface area contributed by atoms with Crippen molar-refractivity contribution in [2.45, 2.75) is 4.90 Å². The van der Waals surface area contributed by atoms with Crippen molar-refractivity contribution in [2.24, 2.45) is 0 Å². The van der Waals surface area contributed by atoms with Gasteiger partial charge in [-0.3, -0.25) is 0 Å². The Morgan fingerprint density at radius 2 is 1.85 bits per heavy atom. The lowest BCUT2D eigenvalue weighted by atomic mass is 10.4. The first kappa shape index (κ1) is 9.49. The minimum Gasteiger partial charge on any atom is -0.245 e. The van der Waals surface area contributed by atoms with Crippen LogP contribution in [0.2, 0.25) is 0 Å². The summed E-state index contributed by atoms with van der Waals surface area (Å²) in [6, 6.07) is 7.99. The van der Waals surface area contributed by atoms with Crippen molar-refractivity contribution in [2.75, 3.05) is 0 Å². The molecule has 0 bridgehead atoms. The molecule has 0 aliphatic rings. The van der Waals surface area contributed by atoms with E-state index in [-0.39, 0.29) is 4.90 Å². The monoisotopic (exact) mass is 193 g/mol. The largest absolute Gasteiger partial charge is 0.245 e. The predicted octanol–water partition coefficient (Wildman–Crippen LogP) is 1.85. The lowest BCUT2D eigenvalue weighted by Crippen LogP contribution is -1.94. The summed E-state index contributed by atoms with van der Waals surface area (Å²) in [7, 11) is -3.42. The van der Waals surface area contributed by atoms with Crippen molar-refractivity contribution in [1.82, 2.24) is 0 Å². The summed E-state index contributed by atoms with van der Waals surface area (Å²) in [5.74, 6) is 0. The minimum atomic E-state index is -3.42. The molecule has 0 saturated carbocycles. The number of rotatable bonds is 2. The molecule has 0 N–H and O–H groups in total. The average molecular weight is 193 g/mol. The average Bonchev–Trinajstić information content (AvgIpc) is 2.16. The van der Waals surface area contributed by atoms with Gasteiger partial charge < -0.3 is 0 Å². The van der Waals surface area contributed by atoms with Crippen molar-refractivity contribution >= 4 is 9.84 Å². The molecule has 1 aromatic carbocycles. The van der Waals surface area contributed by atoms with Crippen LogP contribution in [0.15, 0.2) is 46.8 Å². The second-order valence-corrected chi connectivity index (χ2v) is 4.11. The van der Waals surface area contributed by atoms with Gasteiger partial charge in [0.15, 0.2) is 16.0 Å². The van der Waals surface area contributed by atoms with E-state index in [1.54, 1.807) is 18.2 Å². The van der Waals surface area contributed by atoms with Gasteiger partial charge in [0, 0.05) is 5.41 Å². The summed E-state index contributed by atoms with van der Waals surface area (Å²) < 4.78 is 22.7. The van der Waals surface area contributed by atoms with E-state index in [1.807, 2.05) is 0 Å². The highest BCUT2D eigenvalue weighted by molar-refractivity contribution is 7.94. The van der Waals surface area contributed by atoms with Gasteiger partial charge in [-0.05, 0) is 12.1 Å². The number of nitrogens with zero attached hydrogens (tertiary/aromatic N) is 1. The van der Waals surface area contributed by atoms with Gasteiger partial charge in [0.05, 0.1) is 11.5 Å². The maximum Gasteiger partial charge on any atom is 0.189 e. The first-order valence-corrected chi connectivity index (χ1v) is 5.05. The Bertz CT molecular complexity index is 440. The van der Waals surface area contributed by atoms with E-state index in [4.69, 9.17) is 6.57 Å². The molecule has 0 amide bonds. The van der Waals surface area contributed by atoms with Gasteiger partial charge in [-0.15, -0.1) is 0 Å². The molecule has 0 atom stereocenters. The Hall–Kier alpha value is -1.60. The molecule has 0 saturated heterocycles. The van der Waals surface area contributed by atoms with Crippen molar-refractivity contribution < 1.29 is 8.42 Å². The zero-order valence-electron chi connectivity index (χ0n) is 6.71. The second-order valence-electron chi connectivity index (χ2n) is 2.27. The Labute approximate surface area is 77.1 Å². The summed E-state index contributed by atoms with van der Waals surface area (Å²) in [5.41, 5.74) is 0. The zero-order chi connectivity index (χ0) is 9.73. The SMILES string of the molecule is [C-]#[N+]/C=C/S(=O)(=O)c1ccccc1. The maximum atomic E-state index is 11.4. The van der Waals surface area contributed by atoms with E-state index >= 15 is 0 Å². The van der Waals surface area contributed by atoms with Crippen molar-refractivity contribution in [3.63, 3.8) is 0 Å². The first-order chi connectivity index (χ1) is 6.17. The number of sulfone groups is 1. The lowest BCUT2D eigenvalue weighted by Gasteiger charge is -1.95. The van der Waals surface area contributed by atoms with Crippen LogP contribution in [0.1, 0.15) is 0 Å². The van der Waals surface area contributed by atoms with Crippen LogP contribution in [0.25, 0.3) is 4.85 Å². The first-order valence-electron chi connectivity index (χ1n) is 3.50. The molecule has 1 aromatic rings. The standard InChI is InChI=1S/C9H7NO2S/c1-10-7-8-13(11,12)9-5-3-2-4-6-9/h2-8H/b8-7+. The molecule has 1 rings (SSSR count). The van der Waals surface area contributed by atoms with E-state index in [2.05, 4.69) is 4.85 Å². The minimum absolute atomic E-state index is 0.204. The highest BCUT2D eigenvalue weighted by atomic mass is 32.2. The van der Waals surface area contributed by atoms with Crippen LogP contribution < -0.4 is 0 Å². The van der Waals surface area contributed by atoms with Gasteiger partial charge in [-0.2, -0.15) is 0 Å². The van der Waals surface area contributed by atoms with E-state index in [0.717, 1.165) is 11.6 Å². The maximum absolute atomic E-state index is 11.4. The fourth-order valence-electron chi connectivity index (χ4n) is 0.799. The Kier molecular flexibility index (Phi) is 2.83. The molecule has 0 aromatic heterocycles. The molecular formula is C9H7NO2S. The van der Waals surface area contributed by atoms with Gasteiger partial charge in [0.2, 0.25) is 0 Å². The van der Waals surface area contributed by atoms with E-state index < -0.39 is 9.84 Å². The van der Waals surface area contributed by atoms with Crippen LogP contribution in [0.4, 0.5) is 0 Å². The molecule has 66 valence electrons. The Morgan fingerprint density at radius 1 is 1.23 bits per heavy atom. The number of hydrogen-bond donors (Lipinski definition) is 0. The molecule has 0 fully saturated rings. The second kappa shape index (κ2) is 3.87. The lowest BCUT2D eigenvalue weighted by molar-refractivity contribution is 0.604. The van der Waals surface area contributed by atoms with Crippen LogP contribution in [0.5, 0.6) is 0 Å². The third-order valence-electron chi connectivity index (χ3n) is 1.39. The van der Waals surface area contributed by atoms with E-state index in [0.29, 0.717) is 0 Å². The molecule has 0 unspecified atom stereocenters. The van der Waals surface area contributed by atoms with E-state index in [1.165, 1.54) is 12.1 Å². The third kappa shape index (κ3) is 2.42. The Balaban J connectivity index is 3.11. The van der Waals surface area contributed by atoms with Crippen LogP contribution >= 0.6 is 0 Å². The highest BCUT2D eigenvalue weighted by Gasteiger charge is 2.07. The summed E-state index contributed by atoms with van der Waals surface area (Å²) in [6.07, 6.45) is 0.933. The quantitative estimate of drug-likeness (QED) is 0.672. The smallest absolute Gasteiger partial charge is 0.189 e. The van der Waals surface area contributed by atoms with Crippen LogP contribution in [-0.2, 0) is 9.84 Å². The van der Waals surface area contributed by atoms with Crippen LogP contribution in [-0.4, -0.2) is 8.42 Å².